The van der Waals surface area contributed by atoms with Gasteiger partial charge in [-0.15, -0.1) is 0 Å². The van der Waals surface area contributed by atoms with Crippen LogP contribution in [0.3, 0.4) is 0 Å². The van der Waals surface area contributed by atoms with Crippen LogP contribution >= 0.6 is 27.5 Å². The van der Waals surface area contributed by atoms with E-state index >= 15 is 0 Å². The maximum atomic E-state index is 12.3. The molecule has 1 heterocycles. The summed E-state index contributed by atoms with van der Waals surface area (Å²) < 4.78 is 32.6. The first kappa shape index (κ1) is 15.1. The van der Waals surface area contributed by atoms with Crippen molar-refractivity contribution in [3.63, 3.8) is 0 Å². The number of nitrogens with one attached hydrogen (secondary N) is 1. The predicted molar refractivity (Wildman–Crippen MR) is 80.7 cm³/mol. The second kappa shape index (κ2) is 5.99. The molecule has 0 unspecified atom stereocenters. The standard InChI is InChI=1S/C12H10BrClN2O3S/c1-19-10-4-2-3-5-11(10)20(17,18)16-8-6-9(13)12(14)15-7-8/h2-7,16H,1H3. The van der Waals surface area contributed by atoms with E-state index in [9.17, 15) is 8.42 Å². The minimum absolute atomic E-state index is 0.0496. The lowest BCUT2D eigenvalue weighted by Gasteiger charge is -2.11. The lowest BCUT2D eigenvalue weighted by molar-refractivity contribution is 0.403. The van der Waals surface area contributed by atoms with E-state index in [0.717, 1.165) is 0 Å². The highest BCUT2D eigenvalue weighted by molar-refractivity contribution is 9.10. The Kier molecular flexibility index (Phi) is 4.52. The molecule has 5 nitrogen and oxygen atoms in total. The number of para-hydroxylation sites is 1. The minimum Gasteiger partial charge on any atom is -0.495 e. The summed E-state index contributed by atoms with van der Waals surface area (Å²) in [5.74, 6) is 0.265. The smallest absolute Gasteiger partial charge is 0.265 e. The minimum atomic E-state index is -3.76. The molecule has 8 heteroatoms. The fraction of sp³-hybridized carbons (Fsp3) is 0.0833. The molecule has 0 aliphatic carbocycles. The van der Waals surface area contributed by atoms with E-state index in [1.807, 2.05) is 0 Å². The van der Waals surface area contributed by atoms with Gasteiger partial charge in [0.15, 0.2) is 0 Å². The molecule has 0 amide bonds. The van der Waals surface area contributed by atoms with Crippen molar-refractivity contribution in [1.82, 2.24) is 4.98 Å². The van der Waals surface area contributed by atoms with Crippen LogP contribution in [-0.4, -0.2) is 20.5 Å². The molecule has 2 rings (SSSR count). The number of rotatable bonds is 4. The number of benzene rings is 1. The fourth-order valence-electron chi connectivity index (χ4n) is 1.53. The molecule has 106 valence electrons. The zero-order valence-electron chi connectivity index (χ0n) is 10.3. The molecule has 0 aliphatic rings. The van der Waals surface area contributed by atoms with Gasteiger partial charge in [-0.05, 0) is 34.1 Å². The topological polar surface area (TPSA) is 68.3 Å². The number of aromatic nitrogens is 1. The third-order valence-electron chi connectivity index (χ3n) is 2.41. The molecule has 0 aliphatic heterocycles. The number of pyridine rings is 1. The molecule has 0 atom stereocenters. The van der Waals surface area contributed by atoms with Crippen molar-refractivity contribution in [1.29, 1.82) is 0 Å². The molecule has 0 spiro atoms. The lowest BCUT2D eigenvalue weighted by atomic mass is 10.3. The van der Waals surface area contributed by atoms with Gasteiger partial charge in [-0.1, -0.05) is 23.7 Å². The van der Waals surface area contributed by atoms with Crippen LogP contribution in [0.1, 0.15) is 0 Å². The van der Waals surface area contributed by atoms with Crippen molar-refractivity contribution < 1.29 is 13.2 Å². The summed E-state index contributed by atoms with van der Waals surface area (Å²) in [6.45, 7) is 0. The van der Waals surface area contributed by atoms with E-state index in [0.29, 0.717) is 10.2 Å². The van der Waals surface area contributed by atoms with Crippen molar-refractivity contribution in [2.24, 2.45) is 0 Å². The van der Waals surface area contributed by atoms with Gasteiger partial charge in [0, 0.05) is 0 Å². The van der Waals surface area contributed by atoms with Crippen molar-refractivity contribution in [3.05, 3.63) is 46.2 Å². The number of halogens is 2. The van der Waals surface area contributed by atoms with E-state index in [4.69, 9.17) is 16.3 Å². The summed E-state index contributed by atoms with van der Waals surface area (Å²) in [5, 5.41) is 0.255. The van der Waals surface area contributed by atoms with Gasteiger partial charge in [0.25, 0.3) is 10.0 Å². The van der Waals surface area contributed by atoms with Crippen LogP contribution in [0.5, 0.6) is 5.75 Å². The SMILES string of the molecule is COc1ccccc1S(=O)(=O)Nc1cnc(Cl)c(Br)c1. The summed E-state index contributed by atoms with van der Waals surface area (Å²) >= 11 is 8.95. The molecule has 0 bridgehead atoms. The molecule has 0 radical (unpaired) electrons. The summed E-state index contributed by atoms with van der Waals surface area (Å²) in [5.41, 5.74) is 0.298. The van der Waals surface area contributed by atoms with Crippen LogP contribution in [0.4, 0.5) is 5.69 Å². The summed E-state index contributed by atoms with van der Waals surface area (Å²) in [4.78, 5) is 3.91. The number of ether oxygens (including phenoxy) is 1. The highest BCUT2D eigenvalue weighted by Gasteiger charge is 2.19. The van der Waals surface area contributed by atoms with E-state index < -0.39 is 10.0 Å². The number of sulfonamides is 1. The van der Waals surface area contributed by atoms with E-state index in [2.05, 4.69) is 25.6 Å². The molecular formula is C12H10BrClN2O3S. The van der Waals surface area contributed by atoms with Crippen molar-refractivity contribution in [2.45, 2.75) is 4.90 Å². The maximum absolute atomic E-state index is 12.3. The van der Waals surface area contributed by atoms with Gasteiger partial charge in [-0.3, -0.25) is 4.72 Å². The monoisotopic (exact) mass is 376 g/mol. The highest BCUT2D eigenvalue weighted by Crippen LogP contribution is 2.27. The van der Waals surface area contributed by atoms with Crippen LogP contribution < -0.4 is 9.46 Å². The number of anilines is 1. The maximum Gasteiger partial charge on any atom is 0.265 e. The van der Waals surface area contributed by atoms with Gasteiger partial charge in [0.2, 0.25) is 0 Å². The van der Waals surface area contributed by atoms with Crippen molar-refractivity contribution >= 4 is 43.2 Å². The van der Waals surface area contributed by atoms with Gasteiger partial charge in [-0.2, -0.15) is 0 Å². The summed E-state index contributed by atoms with van der Waals surface area (Å²) in [6, 6.07) is 7.87. The predicted octanol–water partition coefficient (Wildman–Crippen LogP) is 3.31. The normalized spacial score (nSPS) is 11.2. The van der Waals surface area contributed by atoms with Gasteiger partial charge in [0.05, 0.1) is 23.5 Å². The first-order valence-electron chi connectivity index (χ1n) is 5.41. The average molecular weight is 378 g/mol. The number of hydrogen-bond acceptors (Lipinski definition) is 4. The molecule has 0 fully saturated rings. The van der Waals surface area contributed by atoms with Gasteiger partial charge in [0.1, 0.15) is 15.8 Å². The summed E-state index contributed by atoms with van der Waals surface area (Å²) in [6.07, 6.45) is 1.33. The Hall–Kier alpha value is -1.31. The van der Waals surface area contributed by atoms with E-state index in [1.165, 1.54) is 25.4 Å². The molecule has 1 aromatic heterocycles. The van der Waals surface area contributed by atoms with Crippen molar-refractivity contribution in [2.75, 3.05) is 11.8 Å². The Bertz CT molecular complexity index is 737. The van der Waals surface area contributed by atoms with Crippen LogP contribution in [0.15, 0.2) is 45.9 Å². The molecule has 0 saturated carbocycles. The Morgan fingerprint density at radius 3 is 2.70 bits per heavy atom. The first-order valence-corrected chi connectivity index (χ1v) is 8.06. The lowest BCUT2D eigenvalue weighted by Crippen LogP contribution is -2.14. The molecule has 0 saturated heterocycles. The fourth-order valence-corrected chi connectivity index (χ4v) is 3.19. The first-order chi connectivity index (χ1) is 9.44. The van der Waals surface area contributed by atoms with Crippen LogP contribution in [0.2, 0.25) is 5.15 Å². The molecule has 1 aromatic carbocycles. The zero-order chi connectivity index (χ0) is 14.8. The molecule has 1 N–H and O–H groups in total. The quantitative estimate of drug-likeness (QED) is 0.830. The third-order valence-corrected chi connectivity index (χ3v) is 4.96. The Morgan fingerprint density at radius 1 is 1.35 bits per heavy atom. The zero-order valence-corrected chi connectivity index (χ0v) is 13.5. The Balaban J connectivity index is 2.38. The molecule has 2 aromatic rings. The molecule has 20 heavy (non-hydrogen) atoms. The largest absolute Gasteiger partial charge is 0.495 e. The van der Waals surface area contributed by atoms with Crippen LogP contribution in [0.25, 0.3) is 0 Å². The Labute approximate surface area is 130 Å². The average Bonchev–Trinajstić information content (AvgIpc) is 2.42. The van der Waals surface area contributed by atoms with Crippen LogP contribution in [-0.2, 0) is 10.0 Å². The summed E-state index contributed by atoms with van der Waals surface area (Å²) in [7, 11) is -2.35. The number of methoxy groups -OCH3 is 1. The third kappa shape index (κ3) is 3.23. The van der Waals surface area contributed by atoms with Gasteiger partial charge in [-0.25, -0.2) is 13.4 Å². The van der Waals surface area contributed by atoms with E-state index in [1.54, 1.807) is 18.2 Å². The number of hydrogen-bond donors (Lipinski definition) is 1. The van der Waals surface area contributed by atoms with Gasteiger partial charge >= 0.3 is 0 Å². The highest BCUT2D eigenvalue weighted by atomic mass is 79.9. The Morgan fingerprint density at radius 2 is 2.05 bits per heavy atom. The van der Waals surface area contributed by atoms with E-state index in [-0.39, 0.29) is 15.8 Å². The van der Waals surface area contributed by atoms with Crippen LogP contribution in [0, 0.1) is 0 Å². The van der Waals surface area contributed by atoms with Gasteiger partial charge < -0.3 is 4.74 Å². The number of nitrogens with zero attached hydrogens (tertiary/aromatic N) is 1. The molecular weight excluding hydrogens is 368 g/mol. The second-order valence-electron chi connectivity index (χ2n) is 3.75. The van der Waals surface area contributed by atoms with Crippen molar-refractivity contribution in [3.8, 4) is 5.75 Å². The second-order valence-corrected chi connectivity index (χ2v) is 6.62.